The Bertz CT molecular complexity index is 1250. The van der Waals surface area contributed by atoms with Gasteiger partial charge in [0.15, 0.2) is 30.2 Å². The standard InChI is InChI=1S/C28H34O15/c29-15-3-1-2-14(9-15)18(32)10-40-28-25(38)23(36)26(43-21(34)7-5-13-4-6-16(30)17(31)8-13)20(42-28)12-41-27-24(37)22(35)19(33)11-39-27/h1-9,18-20,22-33,35-38H,10-12H2. The van der Waals surface area contributed by atoms with Gasteiger partial charge in [-0.15, -0.1) is 0 Å². The Hall–Kier alpha value is -3.35. The molecule has 15 heteroatoms. The molecule has 10 unspecified atom stereocenters. The number of aliphatic hydroxyl groups excluding tert-OH is 6. The van der Waals surface area contributed by atoms with Crippen LogP contribution >= 0.6 is 0 Å². The highest BCUT2D eigenvalue weighted by molar-refractivity contribution is 5.87. The van der Waals surface area contributed by atoms with Crippen molar-refractivity contribution in [2.45, 2.75) is 61.4 Å². The van der Waals surface area contributed by atoms with Crippen LogP contribution in [-0.2, 0) is 28.5 Å². The molecule has 236 valence electrons. The van der Waals surface area contributed by atoms with Gasteiger partial charge in [0.1, 0.15) is 48.5 Å². The fourth-order valence-electron chi connectivity index (χ4n) is 4.43. The zero-order valence-corrected chi connectivity index (χ0v) is 22.6. The van der Waals surface area contributed by atoms with Gasteiger partial charge in [0.05, 0.1) is 19.8 Å². The first-order valence-electron chi connectivity index (χ1n) is 13.2. The molecule has 0 aliphatic carbocycles. The molecule has 0 saturated carbocycles. The number of phenolic OH excluding ortho intramolecular Hbond substituents is 3. The van der Waals surface area contributed by atoms with Crippen molar-refractivity contribution in [3.05, 3.63) is 59.7 Å². The number of carbonyl (C=O) groups is 1. The molecule has 43 heavy (non-hydrogen) atoms. The van der Waals surface area contributed by atoms with E-state index in [2.05, 4.69) is 0 Å². The summed E-state index contributed by atoms with van der Waals surface area (Å²) >= 11 is 0. The van der Waals surface area contributed by atoms with Crippen LogP contribution in [0, 0.1) is 0 Å². The molecule has 15 nitrogen and oxygen atoms in total. The van der Waals surface area contributed by atoms with E-state index in [0.29, 0.717) is 11.1 Å². The third-order valence-electron chi connectivity index (χ3n) is 6.86. The van der Waals surface area contributed by atoms with Crippen LogP contribution in [0.2, 0.25) is 0 Å². The molecular weight excluding hydrogens is 576 g/mol. The second-order valence-corrected chi connectivity index (χ2v) is 10.0. The molecule has 2 heterocycles. The van der Waals surface area contributed by atoms with Crippen molar-refractivity contribution >= 4 is 12.0 Å². The van der Waals surface area contributed by atoms with Gasteiger partial charge in [-0.1, -0.05) is 18.2 Å². The van der Waals surface area contributed by atoms with Crippen LogP contribution in [0.1, 0.15) is 17.2 Å². The highest BCUT2D eigenvalue weighted by Gasteiger charge is 2.48. The smallest absolute Gasteiger partial charge is 0.331 e. The molecule has 0 amide bonds. The van der Waals surface area contributed by atoms with Crippen LogP contribution in [0.5, 0.6) is 17.2 Å². The number of carbonyl (C=O) groups excluding carboxylic acids is 1. The summed E-state index contributed by atoms with van der Waals surface area (Å²) in [6.07, 6.45) is -13.1. The van der Waals surface area contributed by atoms with E-state index in [4.69, 9.17) is 23.7 Å². The maximum atomic E-state index is 12.6. The molecule has 2 saturated heterocycles. The first-order chi connectivity index (χ1) is 20.4. The van der Waals surface area contributed by atoms with Crippen molar-refractivity contribution in [3.8, 4) is 17.2 Å². The first-order valence-corrected chi connectivity index (χ1v) is 13.2. The predicted octanol–water partition coefficient (Wildman–Crippen LogP) is -1.62. The van der Waals surface area contributed by atoms with E-state index < -0.39 is 86.3 Å². The van der Waals surface area contributed by atoms with Crippen LogP contribution in [0.4, 0.5) is 0 Å². The number of hydrogen-bond donors (Lipinski definition) is 9. The topological polar surface area (TPSA) is 245 Å². The molecule has 2 aliphatic rings. The number of benzene rings is 2. The van der Waals surface area contributed by atoms with Gasteiger partial charge in [-0.25, -0.2) is 4.79 Å². The van der Waals surface area contributed by atoms with Crippen molar-refractivity contribution in [1.29, 1.82) is 0 Å². The Labute approximate surface area is 245 Å². The maximum absolute atomic E-state index is 12.6. The number of aromatic hydroxyl groups is 3. The average molecular weight is 611 g/mol. The van der Waals surface area contributed by atoms with E-state index in [-0.39, 0.29) is 18.1 Å². The summed E-state index contributed by atoms with van der Waals surface area (Å²) in [5.41, 5.74) is 0.631. The summed E-state index contributed by atoms with van der Waals surface area (Å²) in [6.45, 7) is -1.33. The quantitative estimate of drug-likeness (QED) is 0.0834. The second-order valence-electron chi connectivity index (χ2n) is 10.0. The Balaban J connectivity index is 1.46. The molecule has 9 N–H and O–H groups in total. The normalized spacial score (nSPS) is 32.0. The maximum Gasteiger partial charge on any atom is 0.331 e. The third-order valence-corrected chi connectivity index (χ3v) is 6.86. The lowest BCUT2D eigenvalue weighted by atomic mass is 9.98. The third kappa shape index (κ3) is 8.18. The van der Waals surface area contributed by atoms with Gasteiger partial charge in [0, 0.05) is 6.08 Å². The monoisotopic (exact) mass is 610 g/mol. The van der Waals surface area contributed by atoms with Gasteiger partial charge in [-0.05, 0) is 41.5 Å². The molecule has 2 fully saturated rings. The summed E-state index contributed by atoms with van der Waals surface area (Å²) in [5.74, 6) is -1.87. The lowest BCUT2D eigenvalue weighted by molar-refractivity contribution is -0.323. The van der Waals surface area contributed by atoms with Crippen LogP contribution in [0.3, 0.4) is 0 Å². The minimum atomic E-state index is -1.80. The van der Waals surface area contributed by atoms with Crippen molar-refractivity contribution in [3.63, 3.8) is 0 Å². The molecule has 0 radical (unpaired) electrons. The number of rotatable bonds is 10. The average Bonchev–Trinajstić information content (AvgIpc) is 2.98. The van der Waals surface area contributed by atoms with E-state index in [0.717, 1.165) is 6.08 Å². The molecule has 2 aromatic rings. The van der Waals surface area contributed by atoms with Crippen LogP contribution < -0.4 is 0 Å². The van der Waals surface area contributed by atoms with Gasteiger partial charge < -0.3 is 69.6 Å². The van der Waals surface area contributed by atoms with Crippen molar-refractivity contribution < 1.29 is 74.4 Å². The number of phenols is 3. The first kappa shape index (κ1) is 32.6. The molecular formula is C28H34O15. The number of hydrogen-bond acceptors (Lipinski definition) is 15. The zero-order valence-electron chi connectivity index (χ0n) is 22.6. The largest absolute Gasteiger partial charge is 0.508 e. The zero-order chi connectivity index (χ0) is 31.3. The summed E-state index contributed by atoms with van der Waals surface area (Å²) in [4.78, 5) is 12.6. The molecule has 0 bridgehead atoms. The van der Waals surface area contributed by atoms with Gasteiger partial charge in [0.25, 0.3) is 0 Å². The van der Waals surface area contributed by atoms with Crippen molar-refractivity contribution in [2.75, 3.05) is 19.8 Å². The lowest BCUT2D eigenvalue weighted by Crippen LogP contribution is -2.61. The van der Waals surface area contributed by atoms with E-state index in [1.54, 1.807) is 0 Å². The summed E-state index contributed by atoms with van der Waals surface area (Å²) < 4.78 is 27.3. The summed E-state index contributed by atoms with van der Waals surface area (Å²) in [6, 6.07) is 9.55. The van der Waals surface area contributed by atoms with Crippen LogP contribution in [0.25, 0.3) is 6.08 Å². The molecule has 0 spiro atoms. The van der Waals surface area contributed by atoms with E-state index in [9.17, 15) is 50.8 Å². The molecule has 2 aliphatic heterocycles. The highest BCUT2D eigenvalue weighted by Crippen LogP contribution is 2.29. The van der Waals surface area contributed by atoms with Gasteiger partial charge >= 0.3 is 5.97 Å². The van der Waals surface area contributed by atoms with E-state index >= 15 is 0 Å². The predicted molar refractivity (Wildman–Crippen MR) is 142 cm³/mol. The van der Waals surface area contributed by atoms with Crippen molar-refractivity contribution in [2.24, 2.45) is 0 Å². The molecule has 4 rings (SSSR count). The Kier molecular flexibility index (Phi) is 10.9. The summed E-state index contributed by atoms with van der Waals surface area (Å²) in [7, 11) is 0. The number of ether oxygens (including phenoxy) is 5. The molecule has 2 aromatic carbocycles. The van der Waals surface area contributed by atoms with Crippen molar-refractivity contribution in [1.82, 2.24) is 0 Å². The summed E-state index contributed by atoms with van der Waals surface area (Å²) in [5, 5.41) is 90.5. The van der Waals surface area contributed by atoms with Gasteiger partial charge in [-0.2, -0.15) is 0 Å². The molecule has 10 atom stereocenters. The molecule has 0 aromatic heterocycles. The number of esters is 1. The number of aliphatic hydroxyl groups is 6. The van der Waals surface area contributed by atoms with E-state index in [1.165, 1.54) is 48.5 Å². The SMILES string of the molecule is O=C(C=Cc1ccc(O)c(O)c1)OC1C(COC2OCC(O)C(O)C2O)OC(OCC(O)c2cccc(O)c2)C(O)C1O. The fraction of sp³-hybridized carbons (Fsp3) is 0.464. The minimum absolute atomic E-state index is 0.0937. The van der Waals surface area contributed by atoms with Gasteiger partial charge in [-0.3, -0.25) is 0 Å². The Morgan fingerprint density at radius 1 is 0.907 bits per heavy atom. The van der Waals surface area contributed by atoms with Crippen LogP contribution in [-0.4, -0.2) is 127 Å². The highest BCUT2D eigenvalue weighted by atomic mass is 16.7. The lowest BCUT2D eigenvalue weighted by Gasteiger charge is -2.42. The second kappa shape index (κ2) is 14.4. The van der Waals surface area contributed by atoms with Crippen LogP contribution in [0.15, 0.2) is 48.5 Å². The Morgan fingerprint density at radius 3 is 2.37 bits per heavy atom. The van der Waals surface area contributed by atoms with E-state index in [1.807, 2.05) is 0 Å². The Morgan fingerprint density at radius 2 is 1.65 bits per heavy atom. The minimum Gasteiger partial charge on any atom is -0.508 e. The fourth-order valence-corrected chi connectivity index (χ4v) is 4.43. The van der Waals surface area contributed by atoms with Gasteiger partial charge in [0.2, 0.25) is 0 Å².